The van der Waals surface area contributed by atoms with E-state index in [0.717, 1.165) is 83.5 Å². The summed E-state index contributed by atoms with van der Waals surface area (Å²) in [7, 11) is 1.46. The largest absolute Gasteiger partial charge is 0.472 e. The normalized spacial score (nSPS) is 14.2. The van der Waals surface area contributed by atoms with Crippen LogP contribution in [0.2, 0.25) is 0 Å². The third-order valence-electron chi connectivity index (χ3n) is 7.22. The van der Waals surface area contributed by atoms with Crippen molar-refractivity contribution in [1.82, 2.24) is 0 Å². The highest BCUT2D eigenvalue weighted by Gasteiger charge is 2.27. The molecule has 0 heterocycles. The molecule has 2 atom stereocenters. The summed E-state index contributed by atoms with van der Waals surface area (Å²) in [4.78, 5) is 35.0. The molecular weight excluding hydrogens is 593 g/mol. The maximum absolute atomic E-state index is 12.5. The molecule has 1 N–H and O–H groups in total. The minimum atomic E-state index is -4.36. The zero-order chi connectivity index (χ0) is 33.7. The predicted molar refractivity (Wildman–Crippen MR) is 183 cm³/mol. The van der Waals surface area contributed by atoms with E-state index >= 15 is 0 Å². The van der Waals surface area contributed by atoms with Gasteiger partial charge in [0.05, 0.1) is 27.7 Å². The van der Waals surface area contributed by atoms with Crippen LogP contribution in [-0.2, 0) is 32.7 Å². The molecule has 0 amide bonds. The maximum atomic E-state index is 12.5. The molecule has 45 heavy (non-hydrogen) atoms. The van der Waals surface area contributed by atoms with E-state index in [1.165, 1.54) is 19.3 Å². The van der Waals surface area contributed by atoms with Gasteiger partial charge in [-0.05, 0) is 57.8 Å². The summed E-state index contributed by atoms with van der Waals surface area (Å²) in [5.41, 5.74) is 0. The Labute approximate surface area is 275 Å². The van der Waals surface area contributed by atoms with E-state index in [9.17, 15) is 19.0 Å². The van der Waals surface area contributed by atoms with Crippen molar-refractivity contribution in [2.24, 2.45) is 0 Å². The van der Waals surface area contributed by atoms with Crippen LogP contribution in [-0.4, -0.2) is 74.9 Å². The summed E-state index contributed by atoms with van der Waals surface area (Å²) in [6.45, 7) is 4.24. The molecule has 0 saturated carbocycles. The van der Waals surface area contributed by atoms with Crippen LogP contribution in [0.15, 0.2) is 24.3 Å². The van der Waals surface area contributed by atoms with Gasteiger partial charge in [-0.15, -0.1) is 0 Å². The number of quaternary nitrogens is 1. The first kappa shape index (κ1) is 43.5. The van der Waals surface area contributed by atoms with E-state index in [1.54, 1.807) is 0 Å². The van der Waals surface area contributed by atoms with E-state index in [1.807, 2.05) is 21.1 Å². The van der Waals surface area contributed by atoms with Crippen molar-refractivity contribution >= 4 is 19.8 Å². The van der Waals surface area contributed by atoms with Crippen molar-refractivity contribution in [2.75, 3.05) is 47.5 Å². The number of phosphoric ester groups is 1. The van der Waals surface area contributed by atoms with Gasteiger partial charge in [-0.2, -0.15) is 0 Å². The van der Waals surface area contributed by atoms with Crippen molar-refractivity contribution < 1.29 is 42.1 Å². The minimum absolute atomic E-state index is 0.0292. The fraction of sp³-hybridized carbons (Fsp3) is 0.829. The summed E-state index contributed by atoms with van der Waals surface area (Å²) in [6.07, 6.45) is 26.7. The lowest BCUT2D eigenvalue weighted by Crippen LogP contribution is -2.37. The van der Waals surface area contributed by atoms with Crippen LogP contribution in [0.4, 0.5) is 0 Å². The maximum Gasteiger partial charge on any atom is 0.472 e. The smallest absolute Gasteiger partial charge is 0.462 e. The zero-order valence-electron chi connectivity index (χ0n) is 29.3. The van der Waals surface area contributed by atoms with Crippen molar-refractivity contribution in [3.8, 4) is 0 Å². The predicted octanol–water partition coefficient (Wildman–Crippen LogP) is 8.85. The molecule has 0 spiro atoms. The van der Waals surface area contributed by atoms with E-state index < -0.39 is 26.5 Å². The first-order valence-corrected chi connectivity index (χ1v) is 19.1. The van der Waals surface area contributed by atoms with Gasteiger partial charge in [-0.3, -0.25) is 18.6 Å². The lowest BCUT2D eigenvalue weighted by atomic mass is 10.1. The summed E-state index contributed by atoms with van der Waals surface area (Å²) < 4.78 is 34.0. The molecule has 0 aromatic heterocycles. The number of carbonyl (C=O) groups is 2. The average Bonchev–Trinajstić information content (AvgIpc) is 2.97. The molecule has 0 rings (SSSR count). The van der Waals surface area contributed by atoms with Crippen LogP contribution < -0.4 is 0 Å². The quantitative estimate of drug-likeness (QED) is 0.0258. The number of unbranched alkanes of at least 4 members (excludes halogenated alkanes) is 13. The Hall–Kier alpha value is -1.51. The fourth-order valence-corrected chi connectivity index (χ4v) is 5.16. The van der Waals surface area contributed by atoms with E-state index in [0.29, 0.717) is 17.4 Å². The molecule has 9 nitrogen and oxygen atoms in total. The number of rotatable bonds is 31. The number of ether oxygens (including phenoxy) is 2. The van der Waals surface area contributed by atoms with Gasteiger partial charge < -0.3 is 18.9 Å². The van der Waals surface area contributed by atoms with Gasteiger partial charge in [-0.25, -0.2) is 4.57 Å². The Bertz CT molecular complexity index is 840. The van der Waals surface area contributed by atoms with Gasteiger partial charge in [-0.1, -0.05) is 89.5 Å². The van der Waals surface area contributed by atoms with Crippen LogP contribution in [0.3, 0.4) is 0 Å². The monoisotopic (exact) mass is 660 g/mol. The minimum Gasteiger partial charge on any atom is -0.462 e. The lowest BCUT2D eigenvalue weighted by molar-refractivity contribution is -0.870. The van der Waals surface area contributed by atoms with Gasteiger partial charge in [0.2, 0.25) is 0 Å². The summed E-state index contributed by atoms with van der Waals surface area (Å²) in [6, 6.07) is 0. The summed E-state index contributed by atoms with van der Waals surface area (Å²) >= 11 is 0. The highest BCUT2D eigenvalue weighted by atomic mass is 31.2. The number of esters is 2. The molecular formula is C35H67NO8P+. The number of likely N-dealkylation sites (N-methyl/N-ethyl adjacent to an activating group) is 1. The number of phosphoric acid groups is 1. The first-order chi connectivity index (χ1) is 21.5. The molecule has 0 saturated heterocycles. The van der Waals surface area contributed by atoms with E-state index in [4.69, 9.17) is 18.5 Å². The topological polar surface area (TPSA) is 108 Å². The highest BCUT2D eigenvalue weighted by Crippen LogP contribution is 2.43. The van der Waals surface area contributed by atoms with Crippen LogP contribution in [0, 0.1) is 0 Å². The zero-order valence-corrected chi connectivity index (χ0v) is 30.2. The molecule has 0 fully saturated rings. The van der Waals surface area contributed by atoms with Crippen molar-refractivity contribution in [3.63, 3.8) is 0 Å². The lowest BCUT2D eigenvalue weighted by Gasteiger charge is -2.24. The van der Waals surface area contributed by atoms with E-state index in [2.05, 4.69) is 38.2 Å². The number of nitrogens with zero attached hydrogens (tertiary/aromatic N) is 1. The molecule has 0 bridgehead atoms. The second kappa shape index (κ2) is 28.7. The molecule has 264 valence electrons. The number of hydrogen-bond acceptors (Lipinski definition) is 7. The van der Waals surface area contributed by atoms with Gasteiger partial charge in [0, 0.05) is 12.8 Å². The third kappa shape index (κ3) is 32.2. The summed E-state index contributed by atoms with van der Waals surface area (Å²) in [5, 5.41) is 0. The first-order valence-electron chi connectivity index (χ1n) is 17.6. The van der Waals surface area contributed by atoms with Crippen molar-refractivity contribution in [2.45, 2.75) is 142 Å². The molecule has 0 aliphatic heterocycles. The molecule has 10 heteroatoms. The fourth-order valence-electron chi connectivity index (χ4n) is 4.42. The molecule has 0 aliphatic rings. The van der Waals surface area contributed by atoms with Gasteiger partial charge in [0.15, 0.2) is 6.10 Å². The third-order valence-corrected chi connectivity index (χ3v) is 8.20. The number of carbonyl (C=O) groups excluding carboxylic acids is 2. The Balaban J connectivity index is 4.51. The van der Waals surface area contributed by atoms with Gasteiger partial charge in [0.25, 0.3) is 0 Å². The number of hydrogen-bond donors (Lipinski definition) is 1. The molecule has 0 aromatic carbocycles. The standard InChI is InChI=1S/C35H66NO8P/c1-6-8-10-12-14-16-17-18-20-22-24-26-28-35(38)44-33(32-43-45(39,40)42-30-29-36(3,4)5)31-41-34(37)27-25-23-21-19-15-13-11-9-7-2/h9,11,14,16,33H,6-8,10,12-13,15,17-32H2,1-5H3/p+1/b11-9-,16-14+/t33-/m1/s1. The van der Waals surface area contributed by atoms with E-state index in [-0.39, 0.29) is 32.0 Å². The molecule has 1 unspecified atom stereocenters. The second-order valence-electron chi connectivity index (χ2n) is 12.9. The van der Waals surface area contributed by atoms with Crippen molar-refractivity contribution in [1.29, 1.82) is 0 Å². The highest BCUT2D eigenvalue weighted by molar-refractivity contribution is 7.47. The van der Waals surface area contributed by atoms with Crippen LogP contribution in [0.5, 0.6) is 0 Å². The van der Waals surface area contributed by atoms with Gasteiger partial charge in [0.1, 0.15) is 19.8 Å². The average molecular weight is 661 g/mol. The Morgan fingerprint density at radius 1 is 0.689 bits per heavy atom. The van der Waals surface area contributed by atoms with Crippen LogP contribution in [0.25, 0.3) is 0 Å². The Kier molecular flexibility index (Phi) is 27.7. The second-order valence-corrected chi connectivity index (χ2v) is 14.3. The Morgan fingerprint density at radius 3 is 1.76 bits per heavy atom. The molecule has 0 radical (unpaired) electrons. The van der Waals surface area contributed by atoms with Crippen LogP contribution in [0.1, 0.15) is 136 Å². The SMILES string of the molecule is CC/C=C\CCCCCCCC(=O)OC[C@H](COP(=O)(O)OCC[N+](C)(C)C)OC(=O)CCCCCCC/C=C/CCCCC. The van der Waals surface area contributed by atoms with Crippen molar-refractivity contribution in [3.05, 3.63) is 24.3 Å². The molecule has 0 aliphatic carbocycles. The summed E-state index contributed by atoms with van der Waals surface area (Å²) in [5.74, 6) is -0.828. The van der Waals surface area contributed by atoms with Crippen LogP contribution >= 0.6 is 7.82 Å². The Morgan fingerprint density at radius 2 is 1.20 bits per heavy atom. The number of allylic oxidation sites excluding steroid dienone is 4. The molecule has 0 aromatic rings. The van der Waals surface area contributed by atoms with Gasteiger partial charge >= 0.3 is 19.8 Å².